The van der Waals surface area contributed by atoms with E-state index in [0.29, 0.717) is 42.3 Å². The van der Waals surface area contributed by atoms with Crippen LogP contribution < -0.4 is 10.2 Å². The van der Waals surface area contributed by atoms with E-state index in [1.807, 2.05) is 24.3 Å². The van der Waals surface area contributed by atoms with Gasteiger partial charge in [-0.2, -0.15) is 0 Å². The first-order valence-electron chi connectivity index (χ1n) is 10.7. The summed E-state index contributed by atoms with van der Waals surface area (Å²) in [5.41, 5.74) is 1.81. The van der Waals surface area contributed by atoms with Gasteiger partial charge in [0.1, 0.15) is 11.6 Å². The van der Waals surface area contributed by atoms with Crippen LogP contribution in [0.15, 0.2) is 52.2 Å². The Morgan fingerprint density at radius 2 is 2.03 bits per heavy atom. The highest BCUT2D eigenvalue weighted by atomic mass is 32.2. The Hall–Kier alpha value is -2.91. The third-order valence-corrected chi connectivity index (χ3v) is 5.89. The molecule has 1 aliphatic rings. The highest BCUT2D eigenvalue weighted by Gasteiger charge is 2.17. The summed E-state index contributed by atoms with van der Waals surface area (Å²) in [5.74, 6) is 2.49. The molecule has 3 aromatic heterocycles. The van der Waals surface area contributed by atoms with Gasteiger partial charge in [-0.1, -0.05) is 31.7 Å². The summed E-state index contributed by atoms with van der Waals surface area (Å²) in [6.45, 7) is 7.68. The molecular weight excluding hydrogens is 426 g/mol. The molecule has 1 amide bonds. The number of furan rings is 1. The summed E-state index contributed by atoms with van der Waals surface area (Å²) in [6, 6.07) is 11.2. The van der Waals surface area contributed by atoms with Crippen LogP contribution in [-0.4, -0.2) is 47.2 Å². The van der Waals surface area contributed by atoms with Gasteiger partial charge in [0.2, 0.25) is 0 Å². The lowest BCUT2D eigenvalue weighted by Gasteiger charge is -2.28. The Morgan fingerprint density at radius 3 is 2.78 bits per heavy atom. The fourth-order valence-electron chi connectivity index (χ4n) is 3.22. The molecule has 168 valence electrons. The topological polar surface area (TPSA) is 93.4 Å². The van der Waals surface area contributed by atoms with E-state index in [1.54, 1.807) is 12.3 Å². The predicted octanol–water partition coefficient (Wildman–Crippen LogP) is 3.65. The first kappa shape index (κ1) is 22.3. The van der Waals surface area contributed by atoms with Crippen molar-refractivity contribution in [2.45, 2.75) is 37.2 Å². The maximum atomic E-state index is 12.4. The summed E-state index contributed by atoms with van der Waals surface area (Å²) in [5, 5.41) is 3.53. The number of amides is 1. The van der Waals surface area contributed by atoms with E-state index in [-0.39, 0.29) is 11.7 Å². The Kier molecular flexibility index (Phi) is 7.39. The van der Waals surface area contributed by atoms with Crippen LogP contribution in [0.25, 0.3) is 0 Å². The molecule has 1 aliphatic heterocycles. The number of carbonyl (C=O) groups excluding carboxylic acids is 1. The fraction of sp³-hybridized carbons (Fsp3) is 0.391. The lowest BCUT2D eigenvalue weighted by molar-refractivity contribution is 0.0921. The molecule has 1 N–H and O–H groups in total. The third-order valence-electron chi connectivity index (χ3n) is 5.02. The van der Waals surface area contributed by atoms with E-state index < -0.39 is 0 Å². The molecule has 1 saturated heterocycles. The second kappa shape index (κ2) is 10.6. The zero-order valence-corrected chi connectivity index (χ0v) is 19.1. The van der Waals surface area contributed by atoms with Gasteiger partial charge < -0.3 is 19.4 Å². The van der Waals surface area contributed by atoms with Gasteiger partial charge in [0.25, 0.3) is 5.91 Å². The molecule has 32 heavy (non-hydrogen) atoms. The number of pyridine rings is 1. The number of aromatic nitrogens is 3. The van der Waals surface area contributed by atoms with Crippen LogP contribution in [0.4, 0.5) is 5.82 Å². The SMILES string of the molecule is CC(C)c1cc(N2CCOCC2)nc(SCc2ccc(C(=O)NCc3ccccn3)o2)n1. The zero-order valence-electron chi connectivity index (χ0n) is 18.3. The second-order valence-electron chi connectivity index (χ2n) is 7.75. The Morgan fingerprint density at radius 1 is 1.19 bits per heavy atom. The van der Waals surface area contributed by atoms with Gasteiger partial charge in [-0.3, -0.25) is 9.78 Å². The molecular formula is C23H27N5O3S. The van der Waals surface area contributed by atoms with Gasteiger partial charge in [-0.25, -0.2) is 9.97 Å². The number of nitrogens with zero attached hydrogens (tertiary/aromatic N) is 4. The highest BCUT2D eigenvalue weighted by molar-refractivity contribution is 7.98. The molecule has 0 unspecified atom stereocenters. The second-order valence-corrected chi connectivity index (χ2v) is 8.69. The van der Waals surface area contributed by atoms with E-state index in [1.165, 1.54) is 11.8 Å². The predicted molar refractivity (Wildman–Crippen MR) is 123 cm³/mol. The van der Waals surface area contributed by atoms with Crippen molar-refractivity contribution in [3.8, 4) is 0 Å². The molecule has 4 rings (SSSR count). The van der Waals surface area contributed by atoms with Gasteiger partial charge in [0.15, 0.2) is 10.9 Å². The van der Waals surface area contributed by atoms with Crippen molar-refractivity contribution >= 4 is 23.5 Å². The number of anilines is 1. The number of nitrogens with one attached hydrogen (secondary N) is 1. The van der Waals surface area contributed by atoms with Crippen molar-refractivity contribution in [3.05, 3.63) is 65.5 Å². The summed E-state index contributed by atoms with van der Waals surface area (Å²) in [4.78, 5) is 28.3. The zero-order chi connectivity index (χ0) is 22.3. The molecule has 0 aromatic carbocycles. The first-order chi connectivity index (χ1) is 15.6. The van der Waals surface area contributed by atoms with Gasteiger partial charge >= 0.3 is 0 Å². The van der Waals surface area contributed by atoms with Crippen LogP contribution in [0.1, 0.15) is 47.5 Å². The molecule has 0 aliphatic carbocycles. The number of ether oxygens (including phenoxy) is 1. The van der Waals surface area contributed by atoms with Crippen molar-refractivity contribution in [1.82, 2.24) is 20.3 Å². The lowest BCUT2D eigenvalue weighted by atomic mass is 10.1. The van der Waals surface area contributed by atoms with E-state index in [0.717, 1.165) is 30.3 Å². The van der Waals surface area contributed by atoms with Crippen LogP contribution in [-0.2, 0) is 17.0 Å². The maximum Gasteiger partial charge on any atom is 0.287 e. The number of carbonyl (C=O) groups is 1. The lowest BCUT2D eigenvalue weighted by Crippen LogP contribution is -2.37. The van der Waals surface area contributed by atoms with E-state index >= 15 is 0 Å². The Labute approximate surface area is 191 Å². The minimum absolute atomic E-state index is 0.264. The summed E-state index contributed by atoms with van der Waals surface area (Å²) in [7, 11) is 0. The standard InChI is InChI=1S/C23H27N5O3S/c1-16(2)19-13-21(28-9-11-30-12-10-28)27-23(26-19)32-15-18-6-7-20(31-18)22(29)25-14-17-5-3-4-8-24-17/h3-8,13,16H,9-12,14-15H2,1-2H3,(H,25,29). The van der Waals surface area contributed by atoms with E-state index in [2.05, 4.69) is 35.1 Å². The molecule has 4 heterocycles. The van der Waals surface area contributed by atoms with Crippen LogP contribution in [0.5, 0.6) is 0 Å². The molecule has 0 spiro atoms. The fourth-order valence-corrected chi connectivity index (χ4v) is 3.97. The monoisotopic (exact) mass is 453 g/mol. The minimum Gasteiger partial charge on any atom is -0.455 e. The normalized spacial score (nSPS) is 14.0. The van der Waals surface area contributed by atoms with Crippen LogP contribution in [0, 0.1) is 0 Å². The van der Waals surface area contributed by atoms with Crippen molar-refractivity contribution in [2.75, 3.05) is 31.2 Å². The molecule has 0 atom stereocenters. The number of hydrogen-bond acceptors (Lipinski definition) is 8. The summed E-state index contributed by atoms with van der Waals surface area (Å²) in [6.07, 6.45) is 1.70. The largest absolute Gasteiger partial charge is 0.455 e. The molecule has 1 fully saturated rings. The van der Waals surface area contributed by atoms with Crippen molar-refractivity contribution in [2.24, 2.45) is 0 Å². The van der Waals surface area contributed by atoms with Crippen LogP contribution >= 0.6 is 11.8 Å². The molecule has 9 heteroatoms. The van der Waals surface area contributed by atoms with E-state index in [9.17, 15) is 4.79 Å². The van der Waals surface area contributed by atoms with Gasteiger partial charge in [0, 0.05) is 31.0 Å². The Balaban J connectivity index is 1.38. The molecule has 0 bridgehead atoms. The van der Waals surface area contributed by atoms with Gasteiger partial charge in [0.05, 0.1) is 31.2 Å². The maximum absolute atomic E-state index is 12.4. The third kappa shape index (κ3) is 5.86. The molecule has 0 radical (unpaired) electrons. The first-order valence-corrected chi connectivity index (χ1v) is 11.7. The van der Waals surface area contributed by atoms with Crippen LogP contribution in [0.3, 0.4) is 0 Å². The minimum atomic E-state index is -0.264. The number of morpholine rings is 1. The highest BCUT2D eigenvalue weighted by Crippen LogP contribution is 2.26. The van der Waals surface area contributed by atoms with E-state index in [4.69, 9.17) is 19.1 Å². The average Bonchev–Trinajstić information content (AvgIpc) is 3.31. The summed E-state index contributed by atoms with van der Waals surface area (Å²) >= 11 is 1.50. The summed E-state index contributed by atoms with van der Waals surface area (Å²) < 4.78 is 11.2. The van der Waals surface area contributed by atoms with Gasteiger partial charge in [-0.15, -0.1) is 0 Å². The molecule has 3 aromatic rings. The van der Waals surface area contributed by atoms with Crippen molar-refractivity contribution < 1.29 is 13.9 Å². The number of hydrogen-bond donors (Lipinski definition) is 1. The smallest absolute Gasteiger partial charge is 0.287 e. The van der Waals surface area contributed by atoms with Crippen molar-refractivity contribution in [3.63, 3.8) is 0 Å². The quantitative estimate of drug-likeness (QED) is 0.408. The van der Waals surface area contributed by atoms with Gasteiger partial charge in [-0.05, 0) is 30.2 Å². The number of thioether (sulfide) groups is 1. The molecule has 0 saturated carbocycles. The molecule has 8 nitrogen and oxygen atoms in total. The van der Waals surface area contributed by atoms with Crippen LogP contribution in [0.2, 0.25) is 0 Å². The number of rotatable bonds is 8. The average molecular weight is 454 g/mol. The Bertz CT molecular complexity index is 1040. The van der Waals surface area contributed by atoms with Crippen molar-refractivity contribution in [1.29, 1.82) is 0 Å².